The Morgan fingerprint density at radius 1 is 1.00 bits per heavy atom. The van der Waals surface area contributed by atoms with Gasteiger partial charge >= 0.3 is 0 Å². The number of aromatic nitrogens is 4. The summed E-state index contributed by atoms with van der Waals surface area (Å²) in [5, 5.41) is 6.62. The van der Waals surface area contributed by atoms with E-state index in [1.165, 1.54) is 5.39 Å². The number of fused-ring (bicyclic) bond motifs is 4. The molecular weight excluding hydrogens is 386 g/mol. The van der Waals surface area contributed by atoms with Crippen LogP contribution in [0, 0.1) is 6.92 Å². The number of aryl methyl sites for hydroxylation is 1. The number of hydrogen-bond donors (Lipinski definition) is 2. The van der Waals surface area contributed by atoms with Crippen molar-refractivity contribution in [2.75, 3.05) is 5.32 Å². The Bertz CT molecular complexity index is 1510. The van der Waals surface area contributed by atoms with Crippen molar-refractivity contribution < 1.29 is 0 Å². The van der Waals surface area contributed by atoms with E-state index in [4.69, 9.17) is 4.98 Å². The maximum Gasteiger partial charge on any atom is 0.252 e. The normalized spacial score (nSPS) is 14.7. The van der Waals surface area contributed by atoms with Gasteiger partial charge in [-0.2, -0.15) is 4.98 Å². The second-order valence-electron chi connectivity index (χ2n) is 8.46. The lowest BCUT2D eigenvalue weighted by Gasteiger charge is -2.17. The second kappa shape index (κ2) is 6.94. The Balaban J connectivity index is 1.45. The highest BCUT2D eigenvalue weighted by atomic mass is 16.1. The summed E-state index contributed by atoms with van der Waals surface area (Å²) in [5.74, 6) is 0.503. The van der Waals surface area contributed by atoms with Crippen molar-refractivity contribution in [2.24, 2.45) is 0 Å². The summed E-state index contributed by atoms with van der Waals surface area (Å²) in [6.07, 6.45) is 6.21. The van der Waals surface area contributed by atoms with E-state index in [1.807, 2.05) is 35.9 Å². The van der Waals surface area contributed by atoms with Crippen LogP contribution in [0.3, 0.4) is 0 Å². The molecule has 0 radical (unpaired) electrons. The molecule has 0 atom stereocenters. The number of H-pyrrole nitrogens is 1. The van der Waals surface area contributed by atoms with Crippen LogP contribution in [-0.4, -0.2) is 19.5 Å². The Hall–Kier alpha value is -3.67. The van der Waals surface area contributed by atoms with Gasteiger partial charge in [-0.1, -0.05) is 31.0 Å². The fourth-order valence-electron chi connectivity index (χ4n) is 4.90. The number of rotatable bonds is 3. The van der Waals surface area contributed by atoms with Gasteiger partial charge in [0.2, 0.25) is 5.95 Å². The lowest BCUT2D eigenvalue weighted by atomic mass is 10.1. The molecule has 0 amide bonds. The van der Waals surface area contributed by atoms with Gasteiger partial charge in [0.1, 0.15) is 5.65 Å². The summed E-state index contributed by atoms with van der Waals surface area (Å²) in [6.45, 7) is 1.95. The van der Waals surface area contributed by atoms with E-state index in [0.29, 0.717) is 5.95 Å². The minimum Gasteiger partial charge on any atom is -0.355 e. The topological polar surface area (TPSA) is 75.6 Å². The molecule has 0 aliphatic heterocycles. The average molecular weight is 409 g/mol. The molecule has 6 rings (SSSR count). The fourth-order valence-corrected chi connectivity index (χ4v) is 4.90. The molecule has 154 valence electrons. The Morgan fingerprint density at radius 3 is 2.68 bits per heavy atom. The predicted molar refractivity (Wildman–Crippen MR) is 125 cm³/mol. The quantitative estimate of drug-likeness (QED) is 0.407. The van der Waals surface area contributed by atoms with Crippen LogP contribution in [0.4, 0.5) is 11.6 Å². The minimum atomic E-state index is 0.0294. The van der Waals surface area contributed by atoms with Crippen LogP contribution < -0.4 is 10.9 Å². The molecule has 3 aromatic heterocycles. The number of para-hydroxylation sites is 1. The molecule has 6 nitrogen and oxygen atoms in total. The molecule has 1 fully saturated rings. The number of hydrogen-bond acceptors (Lipinski definition) is 4. The zero-order valence-corrected chi connectivity index (χ0v) is 17.4. The van der Waals surface area contributed by atoms with Crippen LogP contribution in [0.2, 0.25) is 0 Å². The van der Waals surface area contributed by atoms with Crippen LogP contribution in [-0.2, 0) is 0 Å². The van der Waals surface area contributed by atoms with E-state index in [1.54, 1.807) is 6.07 Å². The molecule has 1 aliphatic rings. The summed E-state index contributed by atoms with van der Waals surface area (Å²) >= 11 is 0. The third kappa shape index (κ3) is 2.98. The summed E-state index contributed by atoms with van der Waals surface area (Å²) in [6, 6.07) is 16.4. The SMILES string of the molecule is Cc1cc(=O)n(C2CCCC2)c2nc(Nc3ccc4[nH]c5ccccc5c4c3)ncc12. The molecule has 2 aromatic carbocycles. The van der Waals surface area contributed by atoms with Gasteiger partial charge in [-0.15, -0.1) is 0 Å². The number of aromatic amines is 1. The van der Waals surface area contributed by atoms with Gasteiger partial charge in [0.25, 0.3) is 5.56 Å². The maximum absolute atomic E-state index is 12.8. The lowest BCUT2D eigenvalue weighted by Crippen LogP contribution is -2.24. The number of anilines is 2. The second-order valence-corrected chi connectivity index (χ2v) is 8.46. The zero-order chi connectivity index (χ0) is 20.9. The van der Waals surface area contributed by atoms with Gasteiger partial charge in [-0.25, -0.2) is 4.98 Å². The fraction of sp³-hybridized carbons (Fsp3) is 0.240. The van der Waals surface area contributed by atoms with Crippen LogP contribution in [0.5, 0.6) is 0 Å². The van der Waals surface area contributed by atoms with E-state index < -0.39 is 0 Å². The monoisotopic (exact) mass is 409 g/mol. The van der Waals surface area contributed by atoms with Crippen LogP contribution >= 0.6 is 0 Å². The summed E-state index contributed by atoms with van der Waals surface area (Å²) < 4.78 is 1.88. The van der Waals surface area contributed by atoms with Crippen molar-refractivity contribution in [3.8, 4) is 0 Å². The Kier molecular flexibility index (Phi) is 4.06. The van der Waals surface area contributed by atoms with E-state index in [-0.39, 0.29) is 11.6 Å². The summed E-state index contributed by atoms with van der Waals surface area (Å²) in [5.41, 5.74) is 4.80. The standard InChI is InChI=1S/C25H23N5O/c1-15-12-23(31)30(17-6-2-3-7-17)24-20(15)14-26-25(29-24)27-16-10-11-22-19(13-16)18-8-4-5-9-21(18)28-22/h4-5,8-14,17,28H,2-3,6-7H2,1H3,(H,26,27,29). The first-order valence-corrected chi connectivity index (χ1v) is 10.8. The molecule has 1 saturated carbocycles. The first-order valence-electron chi connectivity index (χ1n) is 10.8. The summed E-state index contributed by atoms with van der Waals surface area (Å²) in [7, 11) is 0. The van der Waals surface area contributed by atoms with Gasteiger partial charge in [0, 0.05) is 51.2 Å². The molecule has 2 N–H and O–H groups in total. The molecule has 0 saturated heterocycles. The average Bonchev–Trinajstić information content (AvgIpc) is 3.41. The van der Waals surface area contributed by atoms with Crippen LogP contribution in [0.1, 0.15) is 37.3 Å². The molecule has 3 heterocycles. The first-order chi connectivity index (χ1) is 15.2. The smallest absolute Gasteiger partial charge is 0.252 e. The Morgan fingerprint density at radius 2 is 1.81 bits per heavy atom. The number of pyridine rings is 1. The van der Waals surface area contributed by atoms with Crippen molar-refractivity contribution >= 4 is 44.5 Å². The highest BCUT2D eigenvalue weighted by Crippen LogP contribution is 2.32. The highest BCUT2D eigenvalue weighted by molar-refractivity contribution is 6.08. The van der Waals surface area contributed by atoms with Crippen LogP contribution in [0.15, 0.2) is 59.5 Å². The molecule has 6 heteroatoms. The highest BCUT2D eigenvalue weighted by Gasteiger charge is 2.21. The van der Waals surface area contributed by atoms with Gasteiger partial charge in [0.05, 0.1) is 0 Å². The van der Waals surface area contributed by atoms with Gasteiger partial charge in [0.15, 0.2) is 0 Å². The van der Waals surface area contributed by atoms with Crippen LogP contribution in [0.25, 0.3) is 32.8 Å². The van der Waals surface area contributed by atoms with Crippen molar-refractivity contribution in [3.05, 3.63) is 70.6 Å². The third-order valence-electron chi connectivity index (χ3n) is 6.45. The molecule has 5 aromatic rings. The van der Waals surface area contributed by atoms with E-state index in [2.05, 4.69) is 39.6 Å². The first kappa shape index (κ1) is 18.1. The molecule has 31 heavy (non-hydrogen) atoms. The van der Waals surface area contributed by atoms with Gasteiger partial charge < -0.3 is 10.3 Å². The molecular formula is C25H23N5O. The lowest BCUT2D eigenvalue weighted by molar-refractivity contribution is 0.515. The summed E-state index contributed by atoms with van der Waals surface area (Å²) in [4.78, 5) is 25.6. The number of nitrogens with zero attached hydrogens (tertiary/aromatic N) is 3. The zero-order valence-electron chi connectivity index (χ0n) is 17.4. The van der Waals surface area contributed by atoms with E-state index in [0.717, 1.165) is 64.4 Å². The maximum atomic E-state index is 12.8. The van der Waals surface area contributed by atoms with E-state index >= 15 is 0 Å². The Labute approximate surface area is 179 Å². The minimum absolute atomic E-state index is 0.0294. The van der Waals surface area contributed by atoms with Crippen molar-refractivity contribution in [3.63, 3.8) is 0 Å². The molecule has 0 unspecified atom stereocenters. The van der Waals surface area contributed by atoms with Crippen molar-refractivity contribution in [1.29, 1.82) is 0 Å². The molecule has 0 spiro atoms. The largest absolute Gasteiger partial charge is 0.355 e. The molecule has 0 bridgehead atoms. The predicted octanol–water partition coefficient (Wildman–Crippen LogP) is 5.59. The van der Waals surface area contributed by atoms with Crippen molar-refractivity contribution in [2.45, 2.75) is 38.6 Å². The molecule has 1 aliphatic carbocycles. The van der Waals surface area contributed by atoms with Gasteiger partial charge in [-0.05, 0) is 49.6 Å². The van der Waals surface area contributed by atoms with Gasteiger partial charge in [-0.3, -0.25) is 9.36 Å². The van der Waals surface area contributed by atoms with Crippen molar-refractivity contribution in [1.82, 2.24) is 19.5 Å². The van der Waals surface area contributed by atoms with E-state index in [9.17, 15) is 4.79 Å². The number of benzene rings is 2. The third-order valence-corrected chi connectivity index (χ3v) is 6.45. The number of nitrogens with one attached hydrogen (secondary N) is 2.